The molecule has 4 radical (unpaired) electrons. The zero-order valence-electron chi connectivity index (χ0n) is 11.5. The molecule has 0 spiro atoms. The maximum absolute atomic E-state index is 8.00. The second kappa shape index (κ2) is 211. The summed E-state index contributed by atoms with van der Waals surface area (Å²) < 4.78 is 0. The van der Waals surface area contributed by atoms with Gasteiger partial charge >= 0.3 is 0 Å². The Morgan fingerprint density at radius 2 is 0.500 bits per heavy atom. The molecule has 0 aromatic rings. The molecule has 0 aromatic carbocycles. The van der Waals surface area contributed by atoms with Gasteiger partial charge in [-0.05, 0) is 0 Å². The summed E-state index contributed by atoms with van der Waals surface area (Å²) in [5.74, 6) is 0. The molecule has 0 saturated carbocycles. The van der Waals surface area contributed by atoms with Gasteiger partial charge in [0, 0.05) is 173 Å². The van der Waals surface area contributed by atoms with Gasteiger partial charge in [0.15, 0.2) is 0 Å². The number of rotatable bonds is 0. The second-order valence-corrected chi connectivity index (χ2v) is 0.149. The Bertz CT molecular complexity index is 60.6. The van der Waals surface area contributed by atoms with Crippen LogP contribution in [0, 0.1) is 64.8 Å². The first-order chi connectivity index (χ1) is 2.83. The Labute approximate surface area is 243 Å². The standard InChI is InChI=1S/6CH3.2HNO2.2Pt.4Y/c;;;;;;2*2-1-3;;;;;;/h6*1H3;2*(H,2,3);;;;;;/q6*-1;;;;;;;;/p-2. The zero-order valence-corrected chi connectivity index (χ0v) is 27.4. The van der Waals surface area contributed by atoms with Gasteiger partial charge in [-0.1, -0.05) is 0 Å². The normalized spacial score (nSPS) is 1.33. The Hall–Kier alpha value is 4.59. The molecule has 0 aliphatic heterocycles. The van der Waals surface area contributed by atoms with E-state index in [9.17, 15) is 0 Å². The molecule has 18 heavy (non-hydrogen) atoms. The van der Waals surface area contributed by atoms with Crippen LogP contribution in [0.25, 0.3) is 0 Å². The molecule has 0 saturated heterocycles. The molecule has 0 atom stereocenters. The van der Waals surface area contributed by atoms with Crippen LogP contribution in [0.1, 0.15) is 0 Å². The molecule has 0 aromatic heterocycles. The molecule has 12 heteroatoms. The number of hydrogen-bond donors (Lipinski definition) is 0. The van der Waals surface area contributed by atoms with Crippen LogP contribution in [0.5, 0.6) is 0 Å². The summed E-state index contributed by atoms with van der Waals surface area (Å²) in [6, 6.07) is 0. The molecule has 0 unspecified atom stereocenters. The third kappa shape index (κ3) is 375. The minimum Gasteiger partial charge on any atom is -0.444 e. The van der Waals surface area contributed by atoms with Crippen LogP contribution in [0.15, 0.2) is 10.7 Å². The van der Waals surface area contributed by atoms with Gasteiger partial charge in [0.05, 0.1) is 0 Å². The summed E-state index contributed by atoms with van der Waals surface area (Å²) in [6.45, 7) is 0. The Morgan fingerprint density at radius 3 is 0.500 bits per heavy atom. The summed E-state index contributed by atoms with van der Waals surface area (Å²) in [7, 11) is 0. The van der Waals surface area contributed by atoms with Gasteiger partial charge in [0.25, 0.3) is 0 Å². The van der Waals surface area contributed by atoms with E-state index in [4.69, 9.17) is 20.2 Å². The van der Waals surface area contributed by atoms with Crippen molar-refractivity contribution in [3.8, 4) is 0 Å². The van der Waals surface area contributed by atoms with Crippen molar-refractivity contribution in [2.24, 2.45) is 10.7 Å². The van der Waals surface area contributed by atoms with Crippen molar-refractivity contribution < 1.29 is 173 Å². The molecule has 0 heterocycles. The molecule has 0 fully saturated rings. The molecular formula is C6H18N2O4Pt2Y4-8. The van der Waals surface area contributed by atoms with Gasteiger partial charge in [-0.25, -0.2) is 0 Å². The van der Waals surface area contributed by atoms with Gasteiger partial charge in [-0.2, -0.15) is 0 Å². The first kappa shape index (κ1) is 143. The van der Waals surface area contributed by atoms with Crippen LogP contribution in [0.4, 0.5) is 0 Å². The van der Waals surface area contributed by atoms with Gasteiger partial charge in [-0.15, -0.1) is 10.7 Å². The van der Waals surface area contributed by atoms with Crippen LogP contribution in [0.2, 0.25) is 0 Å². The fraction of sp³-hybridized carbons (Fsp3) is 0. The van der Waals surface area contributed by atoms with Gasteiger partial charge in [-0.3, -0.25) is 0 Å². The largest absolute Gasteiger partial charge is 0.444 e. The third-order valence-electron chi connectivity index (χ3n) is 0. The number of nitrogens with zero attached hydrogens (tertiary/aromatic N) is 2. The first-order valence-corrected chi connectivity index (χ1v) is 0.730. The van der Waals surface area contributed by atoms with E-state index in [1.165, 1.54) is 0 Å². The summed E-state index contributed by atoms with van der Waals surface area (Å²) in [5.41, 5.74) is 0. The van der Waals surface area contributed by atoms with Gasteiger partial charge in [0.2, 0.25) is 0 Å². The van der Waals surface area contributed by atoms with Crippen molar-refractivity contribution in [1.82, 2.24) is 0 Å². The molecule has 0 amide bonds. The number of hydrogen-bond acceptors (Lipinski definition) is 6. The summed E-state index contributed by atoms with van der Waals surface area (Å²) in [4.78, 5) is 16.0. The zero-order chi connectivity index (χ0) is 5.41. The van der Waals surface area contributed by atoms with E-state index < -0.39 is 0 Å². The smallest absolute Gasteiger partial charge is 0 e. The van der Waals surface area contributed by atoms with E-state index in [1.807, 2.05) is 0 Å². The summed E-state index contributed by atoms with van der Waals surface area (Å²) in [6.07, 6.45) is 0. The fourth-order valence-corrected chi connectivity index (χ4v) is 0. The Morgan fingerprint density at radius 1 is 0.500 bits per heavy atom. The first-order valence-electron chi connectivity index (χ1n) is 0.730. The summed E-state index contributed by atoms with van der Waals surface area (Å²) in [5, 5.41) is 18.0. The van der Waals surface area contributed by atoms with Crippen LogP contribution in [-0.2, 0) is 173 Å². The van der Waals surface area contributed by atoms with E-state index in [0.29, 0.717) is 0 Å². The Kier molecular flexibility index (Phi) is 1670. The average Bonchev–Trinajstić information content (AvgIpc) is 1.39. The van der Waals surface area contributed by atoms with Crippen molar-refractivity contribution in [1.29, 1.82) is 0 Å². The SMILES string of the molecule is O=N[O-].O=N[O-].[CH3-].[CH3-].[CH3-].[CH3-].[CH3-].[CH3-].[Pt].[Pt].[Y].[Y].[Y].[Y]. The minimum absolute atomic E-state index is 0. The molecule has 0 rings (SSSR count). The van der Waals surface area contributed by atoms with E-state index >= 15 is 0 Å². The van der Waals surface area contributed by atoms with Crippen molar-refractivity contribution in [2.45, 2.75) is 0 Å². The fourth-order valence-electron chi connectivity index (χ4n) is 0. The predicted octanol–water partition coefficient (Wildman–Crippen LogP) is 3.19. The quantitative estimate of drug-likeness (QED) is 0.212. The van der Waals surface area contributed by atoms with Gasteiger partial charge in [0.1, 0.15) is 0 Å². The minimum atomic E-state index is 0. The predicted molar refractivity (Wildman–Crippen MR) is 56.8 cm³/mol. The molecule has 116 valence electrons. The van der Waals surface area contributed by atoms with E-state index in [1.54, 1.807) is 0 Å². The van der Waals surface area contributed by atoms with Crippen molar-refractivity contribution in [3.05, 3.63) is 64.8 Å². The van der Waals surface area contributed by atoms with Crippen molar-refractivity contribution in [2.75, 3.05) is 0 Å². The van der Waals surface area contributed by atoms with Crippen LogP contribution in [-0.4, -0.2) is 0 Å². The maximum atomic E-state index is 8.00. The molecule has 0 N–H and O–H groups in total. The van der Waals surface area contributed by atoms with Crippen molar-refractivity contribution >= 4 is 0 Å². The van der Waals surface area contributed by atoms with Gasteiger partial charge < -0.3 is 64.8 Å². The van der Waals surface area contributed by atoms with Crippen LogP contribution < -0.4 is 0 Å². The van der Waals surface area contributed by atoms with E-state index in [-0.39, 0.29) is 218 Å². The Balaban J connectivity index is -0.000000000889. The monoisotopic (exact) mass is 928 g/mol. The molecular weight excluding hydrogens is 910 g/mol. The molecule has 0 bridgehead atoms. The van der Waals surface area contributed by atoms with E-state index in [0.717, 1.165) is 10.7 Å². The van der Waals surface area contributed by atoms with E-state index in [2.05, 4.69) is 0 Å². The summed E-state index contributed by atoms with van der Waals surface area (Å²) >= 11 is 0. The van der Waals surface area contributed by atoms with Crippen molar-refractivity contribution in [3.63, 3.8) is 0 Å². The average molecular weight is 928 g/mol. The topological polar surface area (TPSA) is 105 Å². The molecule has 6 nitrogen and oxygen atoms in total. The maximum Gasteiger partial charge on any atom is 0 e. The molecule has 0 aliphatic rings. The van der Waals surface area contributed by atoms with Crippen LogP contribution in [0.3, 0.4) is 0 Å². The second-order valence-electron chi connectivity index (χ2n) is 0.149. The third-order valence-corrected chi connectivity index (χ3v) is 0. The molecule has 0 aliphatic carbocycles. The van der Waals surface area contributed by atoms with Crippen LogP contribution >= 0.6 is 0 Å².